The van der Waals surface area contributed by atoms with Crippen molar-refractivity contribution in [1.29, 1.82) is 0 Å². The number of carbonyl (C=O) groups is 1. The Morgan fingerprint density at radius 1 is 1.78 bits per heavy atom. The van der Waals surface area contributed by atoms with Crippen LogP contribution in [0.5, 0.6) is 0 Å². The molecule has 0 saturated carbocycles. The van der Waals surface area contributed by atoms with Gasteiger partial charge >= 0.3 is 5.97 Å². The molecule has 0 radical (unpaired) electrons. The first-order valence-corrected chi connectivity index (χ1v) is 2.12. The van der Waals surface area contributed by atoms with E-state index in [9.17, 15) is 14.9 Å². The first-order chi connectivity index (χ1) is 4.13. The highest BCUT2D eigenvalue weighted by molar-refractivity contribution is 5.66. The summed E-state index contributed by atoms with van der Waals surface area (Å²) in [5, 5.41) is 16.3. The average molecular weight is 135 g/mol. The quantitative estimate of drug-likeness (QED) is 0.421. The fourth-order valence-corrected chi connectivity index (χ4v) is 0.207. The number of nitrogens with zero attached hydrogens (tertiary/aromatic N) is 1. The maximum Gasteiger partial charge on any atom is 0.305 e. The molecule has 0 amide bonds. The zero-order chi connectivity index (χ0) is 7.28. The number of rotatable bonds is 4. The summed E-state index contributed by atoms with van der Waals surface area (Å²) in [5.74, 6) is -1.11. The zero-order valence-corrected chi connectivity index (χ0v) is 4.44. The second kappa shape index (κ2) is 3.65. The molecule has 0 spiro atoms. The zero-order valence-electron chi connectivity index (χ0n) is 4.44. The van der Waals surface area contributed by atoms with E-state index in [0.717, 1.165) is 0 Å². The minimum atomic E-state index is -1.11. The summed E-state index contributed by atoms with van der Waals surface area (Å²) in [6, 6.07) is 0. The molecule has 0 aromatic rings. The van der Waals surface area contributed by atoms with Gasteiger partial charge in [-0.1, -0.05) is 0 Å². The van der Waals surface area contributed by atoms with Crippen LogP contribution in [0.1, 0.15) is 6.42 Å². The molecule has 0 unspecified atom stereocenters. The maximum absolute atomic E-state index is 9.68. The van der Waals surface area contributed by atoms with Crippen molar-refractivity contribution in [2.45, 2.75) is 6.42 Å². The van der Waals surface area contributed by atoms with Crippen molar-refractivity contribution in [2.24, 2.45) is 0 Å². The lowest BCUT2D eigenvalue weighted by atomic mass is 10.5. The Labute approximate surface area is 50.1 Å². The first-order valence-electron chi connectivity index (χ1n) is 2.12. The van der Waals surface area contributed by atoms with Gasteiger partial charge in [0.2, 0.25) is 0 Å². The molecule has 9 heavy (non-hydrogen) atoms. The molecule has 6 heteroatoms. The predicted molar refractivity (Wildman–Crippen MR) is 25.2 cm³/mol. The van der Waals surface area contributed by atoms with Gasteiger partial charge in [-0.15, -0.1) is 10.1 Å². The highest BCUT2D eigenvalue weighted by atomic mass is 16.9. The van der Waals surface area contributed by atoms with Crippen LogP contribution >= 0.6 is 0 Å². The molecule has 0 fully saturated rings. The summed E-state index contributed by atoms with van der Waals surface area (Å²) in [5.41, 5.74) is 0. The van der Waals surface area contributed by atoms with Crippen LogP contribution in [0.2, 0.25) is 0 Å². The Kier molecular flexibility index (Phi) is 3.11. The number of hydrogen-bond donors (Lipinski definition) is 1. The van der Waals surface area contributed by atoms with E-state index in [-0.39, 0.29) is 13.0 Å². The van der Waals surface area contributed by atoms with Crippen molar-refractivity contribution < 1.29 is 19.8 Å². The van der Waals surface area contributed by atoms with E-state index in [4.69, 9.17) is 5.11 Å². The number of carboxylic acids is 1. The maximum atomic E-state index is 9.68. The normalized spacial score (nSPS) is 8.44. The van der Waals surface area contributed by atoms with Gasteiger partial charge in [0.05, 0.1) is 6.42 Å². The predicted octanol–water partition coefficient (Wildman–Crippen LogP) is -0.331. The van der Waals surface area contributed by atoms with Gasteiger partial charge in [-0.2, -0.15) is 0 Å². The average Bonchev–Trinajstić information content (AvgIpc) is 1.63. The van der Waals surface area contributed by atoms with Crippen LogP contribution in [0.25, 0.3) is 0 Å². The molecule has 0 aromatic carbocycles. The van der Waals surface area contributed by atoms with Gasteiger partial charge in [0.25, 0.3) is 5.09 Å². The van der Waals surface area contributed by atoms with Gasteiger partial charge in [0.15, 0.2) is 0 Å². The molecule has 0 bridgehead atoms. The van der Waals surface area contributed by atoms with Crippen molar-refractivity contribution in [2.75, 3.05) is 6.61 Å². The number of hydrogen-bond acceptors (Lipinski definition) is 4. The van der Waals surface area contributed by atoms with Crippen molar-refractivity contribution in [1.82, 2.24) is 0 Å². The second-order valence-electron chi connectivity index (χ2n) is 1.20. The molecule has 52 valence electrons. The molecule has 0 aliphatic rings. The summed E-state index contributed by atoms with van der Waals surface area (Å²) >= 11 is 0. The monoisotopic (exact) mass is 135 g/mol. The Morgan fingerprint density at radius 2 is 2.33 bits per heavy atom. The first kappa shape index (κ1) is 7.67. The fraction of sp³-hybridized carbons (Fsp3) is 0.667. The van der Waals surface area contributed by atoms with E-state index >= 15 is 0 Å². The summed E-state index contributed by atoms with van der Waals surface area (Å²) in [6.45, 7) is -0.387. The standard InChI is InChI=1S/C3H5NO5/c5-3(6)1-2-9-4(7)8/h1-2H2,(H,5,6). The Morgan fingerprint density at radius 3 is 2.67 bits per heavy atom. The van der Waals surface area contributed by atoms with Crippen LogP contribution < -0.4 is 0 Å². The van der Waals surface area contributed by atoms with E-state index in [1.54, 1.807) is 0 Å². The molecule has 0 rings (SSSR count). The highest BCUT2D eigenvalue weighted by Crippen LogP contribution is 1.81. The van der Waals surface area contributed by atoms with Crippen molar-refractivity contribution >= 4 is 5.97 Å². The van der Waals surface area contributed by atoms with Crippen LogP contribution in [0.15, 0.2) is 0 Å². The fourth-order valence-electron chi connectivity index (χ4n) is 0.207. The van der Waals surface area contributed by atoms with E-state index in [2.05, 4.69) is 4.84 Å². The lowest BCUT2D eigenvalue weighted by molar-refractivity contribution is -0.757. The molecule has 0 aliphatic heterocycles. The highest BCUT2D eigenvalue weighted by Gasteiger charge is 1.98. The second-order valence-corrected chi connectivity index (χ2v) is 1.20. The molecular weight excluding hydrogens is 130 g/mol. The summed E-state index contributed by atoms with van der Waals surface area (Å²) < 4.78 is 0. The van der Waals surface area contributed by atoms with Crippen LogP contribution in [-0.4, -0.2) is 22.8 Å². The van der Waals surface area contributed by atoms with Crippen LogP contribution in [0.4, 0.5) is 0 Å². The van der Waals surface area contributed by atoms with Crippen molar-refractivity contribution in [3.05, 3.63) is 10.1 Å². The van der Waals surface area contributed by atoms with E-state index < -0.39 is 11.1 Å². The smallest absolute Gasteiger partial charge is 0.305 e. The third-order valence-electron chi connectivity index (χ3n) is 0.513. The lowest BCUT2D eigenvalue weighted by Gasteiger charge is -1.91. The summed E-state index contributed by atoms with van der Waals surface area (Å²) in [4.78, 5) is 22.7. The van der Waals surface area contributed by atoms with Crippen molar-refractivity contribution in [3.63, 3.8) is 0 Å². The SMILES string of the molecule is O=C(O)CCO[N+](=O)[O-]. The van der Waals surface area contributed by atoms with Gasteiger partial charge in [0.1, 0.15) is 6.61 Å². The minimum absolute atomic E-state index is 0.346. The van der Waals surface area contributed by atoms with Gasteiger partial charge in [-0.3, -0.25) is 4.79 Å². The third-order valence-corrected chi connectivity index (χ3v) is 0.513. The van der Waals surface area contributed by atoms with Gasteiger partial charge < -0.3 is 9.94 Å². The minimum Gasteiger partial charge on any atom is -0.481 e. The van der Waals surface area contributed by atoms with Gasteiger partial charge in [-0.05, 0) is 0 Å². The Balaban J connectivity index is 3.10. The lowest BCUT2D eigenvalue weighted by Crippen LogP contribution is -2.06. The van der Waals surface area contributed by atoms with E-state index in [1.165, 1.54) is 0 Å². The molecule has 0 aromatic heterocycles. The molecule has 0 saturated heterocycles. The largest absolute Gasteiger partial charge is 0.481 e. The van der Waals surface area contributed by atoms with Gasteiger partial charge in [0, 0.05) is 0 Å². The molecular formula is C3H5NO5. The Hall–Kier alpha value is -1.33. The van der Waals surface area contributed by atoms with Crippen molar-refractivity contribution in [3.8, 4) is 0 Å². The van der Waals surface area contributed by atoms with E-state index in [0.29, 0.717) is 0 Å². The van der Waals surface area contributed by atoms with Crippen LogP contribution in [0.3, 0.4) is 0 Å². The molecule has 1 N–H and O–H groups in total. The Bertz CT molecular complexity index is 107. The topological polar surface area (TPSA) is 89.7 Å². The molecule has 0 atom stereocenters. The number of aliphatic carboxylic acids is 1. The van der Waals surface area contributed by atoms with E-state index in [1.807, 2.05) is 0 Å². The van der Waals surface area contributed by atoms with Gasteiger partial charge in [-0.25, -0.2) is 0 Å². The summed E-state index contributed by atoms with van der Waals surface area (Å²) in [6.07, 6.45) is -0.346. The molecule has 6 nitrogen and oxygen atoms in total. The number of carboxylic acid groups (broad SMARTS) is 1. The van der Waals surface area contributed by atoms with Crippen LogP contribution in [0, 0.1) is 10.1 Å². The summed E-state index contributed by atoms with van der Waals surface area (Å²) in [7, 11) is 0. The third kappa shape index (κ3) is 6.67. The van der Waals surface area contributed by atoms with Crippen LogP contribution in [-0.2, 0) is 9.63 Å². The molecule has 0 aliphatic carbocycles. The molecule has 0 heterocycles.